The zero-order chi connectivity index (χ0) is 14.7. The minimum Gasteiger partial charge on any atom is -0.375 e. The summed E-state index contributed by atoms with van der Waals surface area (Å²) in [4.78, 5) is 36.1. The van der Waals surface area contributed by atoms with E-state index in [0.717, 1.165) is 12.2 Å². The Hall–Kier alpha value is -2.63. The lowest BCUT2D eigenvalue weighted by molar-refractivity contribution is -0.123. The second kappa shape index (κ2) is 5.56. The summed E-state index contributed by atoms with van der Waals surface area (Å²) in [6.45, 7) is 2.93. The Morgan fingerprint density at radius 1 is 1.05 bits per heavy atom. The molecule has 1 aliphatic heterocycles. The number of anilines is 1. The molecule has 4 amide bonds. The Balaban J connectivity index is 2.24. The van der Waals surface area contributed by atoms with E-state index in [1.54, 1.807) is 0 Å². The minimum absolute atomic E-state index is 0.0822. The highest BCUT2D eigenvalue weighted by atomic mass is 16.2. The van der Waals surface area contributed by atoms with E-state index < -0.39 is 17.8 Å². The molecule has 1 aromatic carbocycles. The largest absolute Gasteiger partial charge is 0.375 e. The first-order chi connectivity index (χ1) is 9.51. The Morgan fingerprint density at radius 2 is 1.60 bits per heavy atom. The topological polar surface area (TPSA) is 78.5 Å². The van der Waals surface area contributed by atoms with Crippen molar-refractivity contribution in [3.8, 4) is 0 Å². The average Bonchev–Trinajstić information content (AvgIpc) is 2.42. The van der Waals surface area contributed by atoms with Gasteiger partial charge in [0.05, 0.1) is 0 Å². The predicted molar refractivity (Wildman–Crippen MR) is 75.0 cm³/mol. The van der Waals surface area contributed by atoms with Crippen LogP contribution in [0.15, 0.2) is 29.8 Å². The van der Waals surface area contributed by atoms with E-state index in [2.05, 4.69) is 4.90 Å². The molecule has 104 valence electrons. The maximum atomic E-state index is 11.6. The molecule has 1 saturated heterocycles. The Morgan fingerprint density at radius 3 is 2.10 bits per heavy atom. The second-order valence-corrected chi connectivity index (χ2v) is 4.40. The minimum atomic E-state index is -0.794. The first-order valence-electron chi connectivity index (χ1n) is 6.21. The van der Waals surface area contributed by atoms with Gasteiger partial charge in [0.1, 0.15) is 5.57 Å². The number of hydrogen-bond acceptors (Lipinski definition) is 4. The lowest BCUT2D eigenvalue weighted by Gasteiger charge is -2.17. The molecule has 0 atom stereocenters. The fraction of sp³-hybridized carbons (Fsp3) is 0.214. The van der Waals surface area contributed by atoms with Crippen LogP contribution in [0.5, 0.6) is 0 Å². The quantitative estimate of drug-likeness (QED) is 0.633. The summed E-state index contributed by atoms with van der Waals surface area (Å²) < 4.78 is 0. The van der Waals surface area contributed by atoms with E-state index >= 15 is 0 Å². The number of barbiturate groups is 1. The molecule has 1 fully saturated rings. The molecule has 1 aromatic rings. The number of imide groups is 2. The third kappa shape index (κ3) is 2.85. The van der Waals surface area contributed by atoms with Gasteiger partial charge >= 0.3 is 6.03 Å². The molecule has 0 spiro atoms. The summed E-state index contributed by atoms with van der Waals surface area (Å²) in [5.74, 6) is -1.37. The number of amides is 4. The van der Waals surface area contributed by atoms with Gasteiger partial charge in [0, 0.05) is 19.3 Å². The monoisotopic (exact) mass is 273 g/mol. The van der Waals surface area contributed by atoms with Gasteiger partial charge in [0.15, 0.2) is 0 Å². The fourth-order valence-electron chi connectivity index (χ4n) is 1.78. The van der Waals surface area contributed by atoms with Gasteiger partial charge in [0.25, 0.3) is 11.8 Å². The number of rotatable bonds is 3. The van der Waals surface area contributed by atoms with Gasteiger partial charge in [-0.3, -0.25) is 20.2 Å². The van der Waals surface area contributed by atoms with Crippen molar-refractivity contribution in [2.24, 2.45) is 0 Å². The summed E-state index contributed by atoms with van der Waals surface area (Å²) in [7, 11) is 1.97. The molecule has 0 bridgehead atoms. The molecule has 0 aromatic heterocycles. The third-order valence-electron chi connectivity index (χ3n) is 3.06. The average molecular weight is 273 g/mol. The van der Waals surface area contributed by atoms with Gasteiger partial charge < -0.3 is 4.90 Å². The lowest BCUT2D eigenvalue weighted by atomic mass is 10.1. The van der Waals surface area contributed by atoms with Crippen molar-refractivity contribution >= 4 is 29.6 Å². The van der Waals surface area contributed by atoms with Crippen LogP contribution in [0.2, 0.25) is 0 Å². The van der Waals surface area contributed by atoms with Crippen molar-refractivity contribution in [1.82, 2.24) is 10.6 Å². The van der Waals surface area contributed by atoms with Gasteiger partial charge in [0.2, 0.25) is 0 Å². The summed E-state index contributed by atoms with van der Waals surface area (Å²) in [5, 5.41) is 4.06. The van der Waals surface area contributed by atoms with E-state index in [4.69, 9.17) is 0 Å². The molecule has 20 heavy (non-hydrogen) atoms. The van der Waals surface area contributed by atoms with E-state index in [1.807, 2.05) is 48.9 Å². The molecule has 0 unspecified atom stereocenters. The van der Waals surface area contributed by atoms with Crippen molar-refractivity contribution < 1.29 is 14.4 Å². The lowest BCUT2D eigenvalue weighted by Crippen LogP contribution is -2.51. The number of hydrogen-bond donors (Lipinski definition) is 2. The van der Waals surface area contributed by atoms with Crippen LogP contribution in [0.3, 0.4) is 0 Å². The molecular formula is C14H15N3O3. The van der Waals surface area contributed by atoms with Gasteiger partial charge in [-0.1, -0.05) is 12.1 Å². The molecule has 2 N–H and O–H groups in total. The zero-order valence-corrected chi connectivity index (χ0v) is 11.3. The molecule has 6 heteroatoms. The van der Waals surface area contributed by atoms with Crippen LogP contribution in [-0.4, -0.2) is 31.4 Å². The Labute approximate surface area is 116 Å². The standard InChI is InChI=1S/C14H15N3O3/c1-3-17(2)10-6-4-9(5-7-10)8-11-12(18)15-14(20)16-13(11)19/h4-8H,3H2,1-2H3,(H2,15,16,18,19,20). The van der Waals surface area contributed by atoms with Crippen LogP contribution in [0.4, 0.5) is 10.5 Å². The van der Waals surface area contributed by atoms with Gasteiger partial charge in [-0.25, -0.2) is 4.79 Å². The molecule has 1 heterocycles. The van der Waals surface area contributed by atoms with Crippen LogP contribution in [0.25, 0.3) is 6.08 Å². The van der Waals surface area contributed by atoms with E-state index in [0.29, 0.717) is 5.56 Å². The first-order valence-corrected chi connectivity index (χ1v) is 6.21. The van der Waals surface area contributed by atoms with Gasteiger partial charge in [-0.05, 0) is 30.7 Å². The smallest absolute Gasteiger partial charge is 0.328 e. The number of nitrogens with one attached hydrogen (secondary N) is 2. The van der Waals surface area contributed by atoms with E-state index in [1.165, 1.54) is 6.08 Å². The molecular weight excluding hydrogens is 258 g/mol. The SMILES string of the molecule is CCN(C)c1ccc(C=C2C(=O)NC(=O)NC2=O)cc1. The van der Waals surface area contributed by atoms with Crippen LogP contribution < -0.4 is 15.5 Å². The van der Waals surface area contributed by atoms with Crippen molar-refractivity contribution in [1.29, 1.82) is 0 Å². The molecule has 0 aliphatic carbocycles. The molecule has 2 rings (SSSR count). The summed E-state index contributed by atoms with van der Waals surface area (Å²) in [6.07, 6.45) is 1.45. The normalized spacial score (nSPS) is 14.7. The highest BCUT2D eigenvalue weighted by molar-refractivity contribution is 6.31. The number of carbonyl (C=O) groups is 3. The number of benzene rings is 1. The summed E-state index contributed by atoms with van der Waals surface area (Å²) in [6, 6.07) is 6.63. The highest BCUT2D eigenvalue weighted by Gasteiger charge is 2.27. The molecule has 1 aliphatic rings. The summed E-state index contributed by atoms with van der Waals surface area (Å²) in [5.41, 5.74) is 1.68. The molecule has 6 nitrogen and oxygen atoms in total. The van der Waals surface area contributed by atoms with Crippen molar-refractivity contribution in [3.63, 3.8) is 0 Å². The van der Waals surface area contributed by atoms with Crippen molar-refractivity contribution in [2.75, 3.05) is 18.5 Å². The van der Waals surface area contributed by atoms with Crippen LogP contribution in [0.1, 0.15) is 12.5 Å². The number of carbonyl (C=O) groups excluding carboxylic acids is 3. The van der Waals surface area contributed by atoms with Crippen molar-refractivity contribution in [3.05, 3.63) is 35.4 Å². The first kappa shape index (κ1) is 13.8. The zero-order valence-electron chi connectivity index (χ0n) is 11.3. The highest BCUT2D eigenvalue weighted by Crippen LogP contribution is 2.16. The van der Waals surface area contributed by atoms with Gasteiger partial charge in [-0.15, -0.1) is 0 Å². The van der Waals surface area contributed by atoms with E-state index in [-0.39, 0.29) is 5.57 Å². The van der Waals surface area contributed by atoms with Crippen LogP contribution >= 0.6 is 0 Å². The van der Waals surface area contributed by atoms with Crippen LogP contribution in [-0.2, 0) is 9.59 Å². The number of nitrogens with zero attached hydrogens (tertiary/aromatic N) is 1. The fourth-order valence-corrected chi connectivity index (χ4v) is 1.78. The number of urea groups is 1. The van der Waals surface area contributed by atoms with E-state index in [9.17, 15) is 14.4 Å². The third-order valence-corrected chi connectivity index (χ3v) is 3.06. The Bertz CT molecular complexity index is 568. The summed E-state index contributed by atoms with van der Waals surface area (Å²) >= 11 is 0. The van der Waals surface area contributed by atoms with Crippen molar-refractivity contribution in [2.45, 2.75) is 6.92 Å². The van der Waals surface area contributed by atoms with Crippen LogP contribution in [0, 0.1) is 0 Å². The predicted octanol–water partition coefficient (Wildman–Crippen LogP) is 0.892. The van der Waals surface area contributed by atoms with Gasteiger partial charge in [-0.2, -0.15) is 0 Å². The molecule has 0 radical (unpaired) electrons. The maximum Gasteiger partial charge on any atom is 0.328 e. The molecule has 0 saturated carbocycles. The Kier molecular flexibility index (Phi) is 3.84. The maximum absolute atomic E-state index is 11.6. The second-order valence-electron chi connectivity index (χ2n) is 4.40.